The number of hydrogen-bond donors (Lipinski definition) is 2. The molecule has 2 aromatic carbocycles. The van der Waals surface area contributed by atoms with Gasteiger partial charge in [-0.15, -0.1) is 0 Å². The van der Waals surface area contributed by atoms with Crippen LogP contribution >= 0.6 is 0 Å². The van der Waals surface area contributed by atoms with Gasteiger partial charge in [-0.05, 0) is 41.5 Å². The summed E-state index contributed by atoms with van der Waals surface area (Å²) < 4.78 is 30.3. The van der Waals surface area contributed by atoms with Crippen molar-refractivity contribution >= 4 is 16.7 Å². The van der Waals surface area contributed by atoms with Crippen LogP contribution in [-0.4, -0.2) is 45.9 Å². The first kappa shape index (κ1) is 21.5. The number of hydrogen-bond acceptors (Lipinski definition) is 4. The van der Waals surface area contributed by atoms with E-state index in [0.717, 1.165) is 65.0 Å². The summed E-state index contributed by atoms with van der Waals surface area (Å²) >= 11 is 0. The summed E-state index contributed by atoms with van der Waals surface area (Å²) in [7, 11) is 0. The van der Waals surface area contributed by atoms with Crippen LogP contribution in [0.25, 0.3) is 33.3 Å². The van der Waals surface area contributed by atoms with Gasteiger partial charge in [-0.25, -0.2) is 13.8 Å². The average molecular weight is 471 g/mol. The molecule has 1 aliphatic rings. The van der Waals surface area contributed by atoms with Crippen LogP contribution in [-0.2, 0) is 6.54 Å². The van der Waals surface area contributed by atoms with Gasteiger partial charge in [0, 0.05) is 66.8 Å². The largest absolute Gasteiger partial charge is 0.367 e. The first-order valence-corrected chi connectivity index (χ1v) is 11.6. The Labute approximate surface area is 201 Å². The third-order valence-corrected chi connectivity index (χ3v) is 6.45. The van der Waals surface area contributed by atoms with Crippen LogP contribution in [0.15, 0.2) is 73.3 Å². The van der Waals surface area contributed by atoms with Crippen LogP contribution in [0, 0.1) is 11.6 Å². The average Bonchev–Trinajstić information content (AvgIpc) is 3.51. The Kier molecular flexibility index (Phi) is 5.50. The minimum atomic E-state index is -0.262. The van der Waals surface area contributed by atoms with E-state index < -0.39 is 0 Å². The van der Waals surface area contributed by atoms with Crippen molar-refractivity contribution in [3.05, 3.63) is 90.5 Å². The number of aromatic amines is 1. The lowest BCUT2D eigenvalue weighted by molar-refractivity contribution is 0.566. The zero-order valence-corrected chi connectivity index (χ0v) is 19.0. The maximum absolute atomic E-state index is 15.0. The Morgan fingerprint density at radius 1 is 0.914 bits per heavy atom. The highest BCUT2D eigenvalue weighted by Crippen LogP contribution is 2.32. The van der Waals surface area contributed by atoms with Crippen LogP contribution in [0.1, 0.15) is 5.56 Å². The van der Waals surface area contributed by atoms with E-state index in [9.17, 15) is 4.39 Å². The molecular formula is C27H24F2N6. The molecule has 1 fully saturated rings. The predicted molar refractivity (Wildman–Crippen MR) is 133 cm³/mol. The van der Waals surface area contributed by atoms with E-state index in [-0.39, 0.29) is 11.6 Å². The topological polar surface area (TPSA) is 61.8 Å². The number of anilines is 1. The number of rotatable bonds is 5. The Bertz CT molecular complexity index is 1500. The molecule has 0 aliphatic carbocycles. The van der Waals surface area contributed by atoms with Gasteiger partial charge >= 0.3 is 0 Å². The fraction of sp³-hybridized carbons (Fsp3) is 0.185. The SMILES string of the molecule is Fc1cccc(Cn2cc(-c3c[nH]c4ncc(-c5ccc(N6CCNCC6)c(F)c5)cc34)cn2)c1. The normalized spacial score (nSPS) is 14.1. The van der Waals surface area contributed by atoms with Crippen molar-refractivity contribution < 1.29 is 8.78 Å². The number of nitrogens with one attached hydrogen (secondary N) is 2. The van der Waals surface area contributed by atoms with E-state index in [0.29, 0.717) is 12.2 Å². The lowest BCUT2D eigenvalue weighted by Crippen LogP contribution is -2.43. The Balaban J connectivity index is 1.29. The molecule has 0 amide bonds. The number of pyridine rings is 1. The summed E-state index contributed by atoms with van der Waals surface area (Å²) in [5.41, 5.74) is 5.73. The summed E-state index contributed by atoms with van der Waals surface area (Å²) in [5.74, 6) is -0.486. The Hall–Kier alpha value is -4.04. The first-order valence-electron chi connectivity index (χ1n) is 11.6. The van der Waals surface area contributed by atoms with Gasteiger partial charge < -0.3 is 15.2 Å². The van der Waals surface area contributed by atoms with Crippen molar-refractivity contribution in [2.45, 2.75) is 6.54 Å². The third-order valence-electron chi connectivity index (χ3n) is 6.45. The molecule has 1 aliphatic heterocycles. The van der Waals surface area contributed by atoms with E-state index in [1.807, 2.05) is 36.7 Å². The van der Waals surface area contributed by atoms with Gasteiger partial charge in [0.1, 0.15) is 17.3 Å². The Morgan fingerprint density at radius 3 is 2.63 bits per heavy atom. The number of piperazine rings is 1. The van der Waals surface area contributed by atoms with Crippen molar-refractivity contribution in [1.29, 1.82) is 0 Å². The summed E-state index contributed by atoms with van der Waals surface area (Å²) in [6.07, 6.45) is 7.38. The first-order chi connectivity index (χ1) is 17.1. The summed E-state index contributed by atoms with van der Waals surface area (Å²) in [4.78, 5) is 9.85. The number of aromatic nitrogens is 4. The molecule has 8 heteroatoms. The van der Waals surface area contributed by atoms with Crippen LogP contribution < -0.4 is 10.2 Å². The highest BCUT2D eigenvalue weighted by atomic mass is 19.1. The quantitative estimate of drug-likeness (QED) is 0.386. The monoisotopic (exact) mass is 470 g/mol. The van der Waals surface area contributed by atoms with Gasteiger partial charge in [0.15, 0.2) is 0 Å². The molecule has 0 radical (unpaired) electrons. The molecule has 6 nitrogen and oxygen atoms in total. The van der Waals surface area contributed by atoms with Gasteiger partial charge in [-0.3, -0.25) is 4.68 Å². The summed E-state index contributed by atoms with van der Waals surface area (Å²) in [6.45, 7) is 3.78. The van der Waals surface area contributed by atoms with Crippen LogP contribution in [0.3, 0.4) is 0 Å². The smallest absolute Gasteiger partial charge is 0.147 e. The second kappa shape index (κ2) is 8.96. The third kappa shape index (κ3) is 4.28. The molecule has 2 N–H and O–H groups in total. The number of benzene rings is 2. The van der Waals surface area contributed by atoms with Gasteiger partial charge in [-0.2, -0.15) is 5.10 Å². The number of halogens is 2. The van der Waals surface area contributed by atoms with Crippen LogP contribution in [0.2, 0.25) is 0 Å². The molecular weight excluding hydrogens is 446 g/mol. The molecule has 0 unspecified atom stereocenters. The molecule has 1 saturated heterocycles. The number of fused-ring (bicyclic) bond motifs is 1. The fourth-order valence-corrected chi connectivity index (χ4v) is 4.66. The van der Waals surface area contributed by atoms with Gasteiger partial charge in [0.25, 0.3) is 0 Å². The van der Waals surface area contributed by atoms with Gasteiger partial charge in [-0.1, -0.05) is 18.2 Å². The van der Waals surface area contributed by atoms with Crippen molar-refractivity contribution in [1.82, 2.24) is 25.1 Å². The van der Waals surface area contributed by atoms with Gasteiger partial charge in [0.05, 0.1) is 18.4 Å². The molecule has 3 aromatic heterocycles. The van der Waals surface area contributed by atoms with Crippen molar-refractivity contribution in [2.24, 2.45) is 0 Å². The Morgan fingerprint density at radius 2 is 1.80 bits per heavy atom. The van der Waals surface area contributed by atoms with E-state index >= 15 is 4.39 Å². The zero-order valence-electron chi connectivity index (χ0n) is 19.0. The molecule has 5 aromatic rings. The van der Waals surface area contributed by atoms with E-state index in [2.05, 4.69) is 25.3 Å². The maximum atomic E-state index is 15.0. The minimum absolute atomic E-state index is 0.225. The highest BCUT2D eigenvalue weighted by molar-refractivity contribution is 5.95. The molecule has 4 heterocycles. The second-order valence-electron chi connectivity index (χ2n) is 8.78. The highest BCUT2D eigenvalue weighted by Gasteiger charge is 2.16. The van der Waals surface area contributed by atoms with E-state index in [4.69, 9.17) is 0 Å². The van der Waals surface area contributed by atoms with Crippen molar-refractivity contribution in [3.63, 3.8) is 0 Å². The molecule has 0 saturated carbocycles. The fourth-order valence-electron chi connectivity index (χ4n) is 4.66. The molecule has 6 rings (SSSR count). The molecule has 35 heavy (non-hydrogen) atoms. The summed E-state index contributed by atoms with van der Waals surface area (Å²) in [5, 5.41) is 8.68. The molecule has 0 atom stereocenters. The number of H-pyrrole nitrogens is 1. The second-order valence-corrected chi connectivity index (χ2v) is 8.78. The lowest BCUT2D eigenvalue weighted by Gasteiger charge is -2.29. The molecule has 176 valence electrons. The number of nitrogens with zero attached hydrogens (tertiary/aromatic N) is 4. The minimum Gasteiger partial charge on any atom is -0.367 e. The van der Waals surface area contributed by atoms with Gasteiger partial charge in [0.2, 0.25) is 0 Å². The predicted octanol–water partition coefficient (Wildman–Crippen LogP) is 4.83. The zero-order chi connectivity index (χ0) is 23.8. The van der Waals surface area contributed by atoms with Crippen LogP contribution in [0.5, 0.6) is 0 Å². The van der Waals surface area contributed by atoms with E-state index in [1.54, 1.807) is 29.2 Å². The summed E-state index contributed by atoms with van der Waals surface area (Å²) in [6, 6.07) is 13.9. The molecule has 0 bridgehead atoms. The molecule has 0 spiro atoms. The maximum Gasteiger partial charge on any atom is 0.147 e. The lowest BCUT2D eigenvalue weighted by atomic mass is 10.0. The van der Waals surface area contributed by atoms with Crippen molar-refractivity contribution in [2.75, 3.05) is 31.1 Å². The van der Waals surface area contributed by atoms with E-state index in [1.165, 1.54) is 12.1 Å². The van der Waals surface area contributed by atoms with Crippen molar-refractivity contribution in [3.8, 4) is 22.3 Å². The van der Waals surface area contributed by atoms with Crippen LogP contribution in [0.4, 0.5) is 14.5 Å². The standard InChI is InChI=1S/C27H24F2N6/c28-22-3-1-2-18(10-22)16-35-17-21(14-33-35)24-15-32-27-23(24)11-20(13-31-27)19-4-5-26(25(29)12-19)34-8-6-30-7-9-34/h1-5,10-15,17,30H,6-9,16H2,(H,31,32).